The zero-order chi connectivity index (χ0) is 25.7. The molecule has 1 aromatic heterocycles. The molecule has 2 aliphatic heterocycles. The predicted molar refractivity (Wildman–Crippen MR) is 136 cm³/mol. The number of thioether (sulfide) groups is 1. The van der Waals surface area contributed by atoms with Crippen LogP contribution in [0, 0.1) is 0 Å². The number of hydrogen-bond acceptors (Lipinski definition) is 9. The van der Waals surface area contributed by atoms with Crippen LogP contribution in [0.15, 0.2) is 81.0 Å². The van der Waals surface area contributed by atoms with Gasteiger partial charge in [-0.15, -0.1) is 0 Å². The summed E-state index contributed by atoms with van der Waals surface area (Å²) in [5.41, 5.74) is 2.23. The maximum atomic E-state index is 13.2. The van der Waals surface area contributed by atoms with Crippen molar-refractivity contribution in [2.24, 2.45) is 4.99 Å². The van der Waals surface area contributed by atoms with Crippen LogP contribution >= 0.6 is 11.8 Å². The maximum absolute atomic E-state index is 13.2. The van der Waals surface area contributed by atoms with E-state index in [0.717, 1.165) is 0 Å². The van der Waals surface area contributed by atoms with Crippen molar-refractivity contribution in [3.8, 4) is 11.5 Å². The SMILES string of the molecule is C=CCOC(=O)C1=C(C)N=C2SC=C(CC(=O)NCc3ccco3)N2C1c1cccc(OC)c1OC. The van der Waals surface area contributed by atoms with Crippen molar-refractivity contribution in [1.82, 2.24) is 10.2 Å². The number of esters is 1. The minimum absolute atomic E-state index is 0.0563. The predicted octanol–water partition coefficient (Wildman–Crippen LogP) is 4.31. The molecule has 1 unspecified atom stereocenters. The van der Waals surface area contributed by atoms with E-state index < -0.39 is 12.0 Å². The average molecular weight is 510 g/mol. The van der Waals surface area contributed by atoms with Gasteiger partial charge in [0.1, 0.15) is 12.4 Å². The number of allylic oxidation sites excluding steroid dienone is 1. The molecule has 1 aromatic carbocycles. The number of fused-ring (bicyclic) bond motifs is 1. The van der Waals surface area contributed by atoms with Gasteiger partial charge in [-0.05, 0) is 30.5 Å². The van der Waals surface area contributed by atoms with E-state index in [-0.39, 0.29) is 25.5 Å². The molecule has 2 aromatic rings. The van der Waals surface area contributed by atoms with Gasteiger partial charge in [-0.3, -0.25) is 4.79 Å². The highest BCUT2D eigenvalue weighted by molar-refractivity contribution is 8.16. The summed E-state index contributed by atoms with van der Waals surface area (Å²) in [7, 11) is 3.10. The fourth-order valence-corrected chi connectivity index (χ4v) is 5.05. The maximum Gasteiger partial charge on any atom is 0.338 e. The molecule has 1 atom stereocenters. The molecule has 2 aliphatic rings. The molecule has 1 amide bonds. The number of rotatable bonds is 10. The lowest BCUT2D eigenvalue weighted by Crippen LogP contribution is -2.38. The molecule has 4 rings (SSSR count). The fourth-order valence-electron chi connectivity index (χ4n) is 4.09. The van der Waals surface area contributed by atoms with Gasteiger partial charge in [-0.25, -0.2) is 9.79 Å². The van der Waals surface area contributed by atoms with Crippen LogP contribution in [0.5, 0.6) is 11.5 Å². The Morgan fingerprint density at radius 1 is 1.25 bits per heavy atom. The first-order valence-electron chi connectivity index (χ1n) is 11.2. The topological polar surface area (TPSA) is 103 Å². The number of carbonyl (C=O) groups excluding carboxylic acids is 2. The van der Waals surface area contributed by atoms with E-state index in [1.807, 2.05) is 22.4 Å². The van der Waals surface area contributed by atoms with Gasteiger partial charge in [0, 0.05) is 11.3 Å². The summed E-state index contributed by atoms with van der Waals surface area (Å²) in [6.45, 7) is 5.73. The molecule has 0 saturated carbocycles. The summed E-state index contributed by atoms with van der Waals surface area (Å²) in [4.78, 5) is 32.6. The summed E-state index contributed by atoms with van der Waals surface area (Å²) in [5, 5.41) is 5.39. The van der Waals surface area contributed by atoms with Crippen molar-refractivity contribution in [2.45, 2.75) is 25.9 Å². The fraction of sp³-hybridized carbons (Fsp3) is 0.269. The minimum atomic E-state index is -0.654. The number of amidine groups is 1. The zero-order valence-corrected chi connectivity index (χ0v) is 21.1. The highest BCUT2D eigenvalue weighted by atomic mass is 32.2. The molecule has 0 saturated heterocycles. The lowest BCUT2D eigenvalue weighted by molar-refractivity contribution is -0.138. The first-order valence-corrected chi connectivity index (χ1v) is 12.1. The third-order valence-corrected chi connectivity index (χ3v) is 6.55. The second-order valence-electron chi connectivity index (χ2n) is 7.90. The van der Waals surface area contributed by atoms with Crippen LogP contribution in [0.3, 0.4) is 0 Å². The molecule has 0 spiro atoms. The van der Waals surface area contributed by atoms with Crippen LogP contribution in [0.2, 0.25) is 0 Å². The second kappa shape index (κ2) is 11.2. The summed E-state index contributed by atoms with van der Waals surface area (Å²) in [5.74, 6) is 0.931. The molecular weight excluding hydrogens is 482 g/mol. The Bertz CT molecular complexity index is 1250. The zero-order valence-electron chi connectivity index (χ0n) is 20.3. The van der Waals surface area contributed by atoms with Gasteiger partial charge in [0.25, 0.3) is 0 Å². The highest BCUT2D eigenvalue weighted by Gasteiger charge is 2.42. The molecule has 9 nitrogen and oxygen atoms in total. The van der Waals surface area contributed by atoms with Crippen LogP contribution in [0.4, 0.5) is 0 Å². The third-order valence-electron chi connectivity index (χ3n) is 5.66. The van der Waals surface area contributed by atoms with Gasteiger partial charge in [-0.2, -0.15) is 0 Å². The van der Waals surface area contributed by atoms with Gasteiger partial charge in [0.15, 0.2) is 16.7 Å². The normalized spacial score (nSPS) is 16.6. The van der Waals surface area contributed by atoms with Crippen LogP contribution in [0.1, 0.15) is 30.7 Å². The Morgan fingerprint density at radius 3 is 2.78 bits per heavy atom. The lowest BCUT2D eigenvalue weighted by atomic mass is 9.92. The van der Waals surface area contributed by atoms with Crippen molar-refractivity contribution in [2.75, 3.05) is 20.8 Å². The molecular formula is C26H27N3O6S. The van der Waals surface area contributed by atoms with Crippen LogP contribution in [-0.2, 0) is 20.9 Å². The van der Waals surface area contributed by atoms with Crippen LogP contribution < -0.4 is 14.8 Å². The van der Waals surface area contributed by atoms with Gasteiger partial charge < -0.3 is 28.8 Å². The van der Waals surface area contributed by atoms with Gasteiger partial charge in [0.2, 0.25) is 5.91 Å². The number of aliphatic imine (C=N–C) groups is 1. The number of nitrogens with zero attached hydrogens (tertiary/aromatic N) is 2. The molecule has 0 radical (unpaired) electrons. The largest absolute Gasteiger partial charge is 0.493 e. The first kappa shape index (κ1) is 25.2. The van der Waals surface area contributed by atoms with Crippen LogP contribution in [0.25, 0.3) is 0 Å². The van der Waals surface area contributed by atoms with E-state index in [9.17, 15) is 9.59 Å². The molecule has 3 heterocycles. The van der Waals surface area contributed by atoms with Crippen molar-refractivity contribution in [3.05, 3.63) is 82.9 Å². The Hall–Kier alpha value is -3.92. The number of nitrogens with one attached hydrogen (secondary N) is 1. The smallest absolute Gasteiger partial charge is 0.338 e. The molecule has 0 fully saturated rings. The first-order chi connectivity index (χ1) is 17.5. The number of methoxy groups -OCH3 is 2. The Morgan fingerprint density at radius 2 is 2.08 bits per heavy atom. The van der Waals surface area contributed by atoms with Gasteiger partial charge >= 0.3 is 5.97 Å². The monoisotopic (exact) mass is 509 g/mol. The summed E-state index contributed by atoms with van der Waals surface area (Å²) < 4.78 is 21.9. The number of para-hydroxylation sites is 1. The van der Waals surface area contributed by atoms with Gasteiger partial charge in [0.05, 0.1) is 50.8 Å². The van der Waals surface area contributed by atoms with Crippen molar-refractivity contribution >= 4 is 28.8 Å². The number of carbonyl (C=O) groups is 2. The second-order valence-corrected chi connectivity index (χ2v) is 8.73. The van der Waals surface area contributed by atoms with E-state index in [2.05, 4.69) is 16.9 Å². The number of benzene rings is 1. The third kappa shape index (κ3) is 5.03. The number of furan rings is 1. The van der Waals surface area contributed by atoms with Crippen molar-refractivity contribution in [1.29, 1.82) is 0 Å². The summed E-state index contributed by atoms with van der Waals surface area (Å²) in [6, 6.07) is 8.37. The molecule has 1 N–H and O–H groups in total. The molecule has 36 heavy (non-hydrogen) atoms. The number of amides is 1. The quantitative estimate of drug-likeness (QED) is 0.373. The number of hydrogen-bond donors (Lipinski definition) is 1. The lowest BCUT2D eigenvalue weighted by Gasteiger charge is -2.37. The van der Waals surface area contributed by atoms with E-state index >= 15 is 0 Å². The van der Waals surface area contributed by atoms with E-state index in [4.69, 9.17) is 18.6 Å². The molecule has 10 heteroatoms. The van der Waals surface area contributed by atoms with Crippen LogP contribution in [-0.4, -0.2) is 42.8 Å². The van der Waals surface area contributed by atoms with E-state index in [1.54, 1.807) is 45.6 Å². The number of ether oxygens (including phenoxy) is 3. The van der Waals surface area contributed by atoms with E-state index in [0.29, 0.717) is 45.0 Å². The van der Waals surface area contributed by atoms with E-state index in [1.165, 1.54) is 17.8 Å². The Balaban J connectivity index is 1.71. The standard InChI is InChI=1S/C26H27N3O6S/c1-5-11-35-25(31)22-16(2)28-26-29(23(22)19-9-6-10-20(32-3)24(19)33-4)17(15-36-26)13-21(30)27-14-18-8-7-12-34-18/h5-10,12,15,23H,1,11,13-14H2,2-4H3,(H,27,30). The Labute approximate surface area is 213 Å². The molecule has 0 aliphatic carbocycles. The summed E-state index contributed by atoms with van der Waals surface area (Å²) >= 11 is 1.39. The van der Waals surface area contributed by atoms with Crippen molar-refractivity contribution in [3.63, 3.8) is 0 Å². The minimum Gasteiger partial charge on any atom is -0.493 e. The molecule has 188 valence electrons. The average Bonchev–Trinajstić information content (AvgIpc) is 3.54. The van der Waals surface area contributed by atoms with Crippen molar-refractivity contribution < 1.29 is 28.2 Å². The van der Waals surface area contributed by atoms with Gasteiger partial charge in [-0.1, -0.05) is 36.5 Å². The molecule has 0 bridgehead atoms. The summed E-state index contributed by atoms with van der Waals surface area (Å²) in [6.07, 6.45) is 3.14. The highest BCUT2D eigenvalue weighted by Crippen LogP contribution is 2.48. The Kier molecular flexibility index (Phi) is 7.84.